The molecular weight excluding hydrogens is 311 g/mol. The number of nitrogens with one attached hydrogen (secondary N) is 1. The number of amides is 2. The molecular formula is C16H21BN2O5. The highest BCUT2D eigenvalue weighted by atomic mass is 16.6. The van der Waals surface area contributed by atoms with Crippen molar-refractivity contribution in [1.29, 1.82) is 0 Å². The summed E-state index contributed by atoms with van der Waals surface area (Å²) in [4.78, 5) is 25.0. The van der Waals surface area contributed by atoms with Crippen molar-refractivity contribution in [2.75, 3.05) is 13.1 Å². The lowest BCUT2D eigenvalue weighted by Crippen LogP contribution is -2.48. The minimum Gasteiger partial charge on any atom is -0.444 e. The summed E-state index contributed by atoms with van der Waals surface area (Å²) in [5, 5.41) is 21.4. The fourth-order valence-electron chi connectivity index (χ4n) is 2.59. The van der Waals surface area contributed by atoms with Gasteiger partial charge in [0.25, 0.3) is 0 Å². The topological polar surface area (TPSA) is 99.1 Å². The van der Waals surface area contributed by atoms with Gasteiger partial charge in [0.1, 0.15) is 6.10 Å². The zero-order valence-corrected chi connectivity index (χ0v) is 13.3. The van der Waals surface area contributed by atoms with E-state index in [-0.39, 0.29) is 12.3 Å². The Morgan fingerprint density at radius 3 is 2.75 bits per heavy atom. The van der Waals surface area contributed by atoms with E-state index in [4.69, 9.17) is 4.74 Å². The number of alkyl carbamates (subject to hydrolysis) is 1. The molecule has 2 rings (SSSR count). The number of benzene rings is 1. The van der Waals surface area contributed by atoms with Crippen molar-refractivity contribution in [3.63, 3.8) is 0 Å². The molecule has 1 aliphatic heterocycles. The van der Waals surface area contributed by atoms with Crippen LogP contribution in [-0.4, -0.2) is 59.2 Å². The molecule has 2 amide bonds. The van der Waals surface area contributed by atoms with Gasteiger partial charge in [-0.2, -0.15) is 0 Å². The van der Waals surface area contributed by atoms with Crippen LogP contribution in [-0.2, 0) is 16.0 Å². The van der Waals surface area contributed by atoms with Gasteiger partial charge in [-0.1, -0.05) is 36.9 Å². The number of ether oxygens (including phenoxy) is 1. The number of likely N-dealkylation sites (tertiary alicyclic amines) is 1. The molecule has 0 radical (unpaired) electrons. The molecule has 1 aliphatic rings. The van der Waals surface area contributed by atoms with Gasteiger partial charge < -0.3 is 25.0 Å². The van der Waals surface area contributed by atoms with Crippen LogP contribution in [0.2, 0.25) is 0 Å². The summed E-state index contributed by atoms with van der Waals surface area (Å²) >= 11 is 0. The van der Waals surface area contributed by atoms with E-state index in [1.54, 1.807) is 4.90 Å². The molecule has 8 heteroatoms. The van der Waals surface area contributed by atoms with Crippen molar-refractivity contribution in [2.24, 2.45) is 0 Å². The van der Waals surface area contributed by atoms with Crippen LogP contribution in [0.3, 0.4) is 0 Å². The molecule has 1 aromatic carbocycles. The monoisotopic (exact) mass is 332 g/mol. The molecule has 1 heterocycles. The van der Waals surface area contributed by atoms with Crippen molar-refractivity contribution in [2.45, 2.75) is 24.9 Å². The summed E-state index contributed by atoms with van der Waals surface area (Å²) in [5.74, 6) is -1.08. The zero-order valence-electron chi connectivity index (χ0n) is 13.3. The molecule has 0 unspecified atom stereocenters. The first-order valence-corrected chi connectivity index (χ1v) is 7.78. The van der Waals surface area contributed by atoms with Crippen LogP contribution in [0, 0.1) is 0 Å². The smallest absolute Gasteiger partial charge is 0.444 e. The maximum absolute atomic E-state index is 12.0. The van der Waals surface area contributed by atoms with E-state index in [9.17, 15) is 19.6 Å². The van der Waals surface area contributed by atoms with Gasteiger partial charge in [-0.3, -0.25) is 4.79 Å². The van der Waals surface area contributed by atoms with Crippen molar-refractivity contribution in [3.05, 3.63) is 48.6 Å². The molecule has 0 aliphatic carbocycles. The summed E-state index contributed by atoms with van der Waals surface area (Å²) < 4.78 is 5.25. The van der Waals surface area contributed by atoms with E-state index in [0.29, 0.717) is 19.5 Å². The minimum absolute atomic E-state index is 0.200. The number of carbonyl (C=O) groups excluding carboxylic acids is 2. The highest BCUT2D eigenvalue weighted by Crippen LogP contribution is 2.13. The largest absolute Gasteiger partial charge is 0.475 e. The molecule has 0 spiro atoms. The summed E-state index contributed by atoms with van der Waals surface area (Å²) in [7, 11) is -1.71. The van der Waals surface area contributed by atoms with E-state index in [2.05, 4.69) is 11.9 Å². The van der Waals surface area contributed by atoms with Gasteiger partial charge in [-0.25, -0.2) is 4.79 Å². The molecule has 3 N–H and O–H groups in total. The maximum atomic E-state index is 12.0. The lowest BCUT2D eigenvalue weighted by Gasteiger charge is -2.20. The third kappa shape index (κ3) is 5.11. The molecule has 7 nitrogen and oxygen atoms in total. The molecule has 2 atom stereocenters. The van der Waals surface area contributed by atoms with E-state index in [0.717, 1.165) is 5.56 Å². The highest BCUT2D eigenvalue weighted by Gasteiger charge is 2.30. The van der Waals surface area contributed by atoms with Gasteiger partial charge in [0.2, 0.25) is 5.91 Å². The fourth-order valence-corrected chi connectivity index (χ4v) is 2.59. The predicted octanol–water partition coefficient (Wildman–Crippen LogP) is 0.123. The van der Waals surface area contributed by atoms with Crippen LogP contribution in [0.5, 0.6) is 0 Å². The Morgan fingerprint density at radius 1 is 1.42 bits per heavy atom. The van der Waals surface area contributed by atoms with Crippen LogP contribution in [0.15, 0.2) is 43.0 Å². The molecule has 24 heavy (non-hydrogen) atoms. The Labute approximate surface area is 141 Å². The molecule has 0 bridgehead atoms. The van der Waals surface area contributed by atoms with Gasteiger partial charge in [0.15, 0.2) is 0 Å². The molecule has 0 aromatic heterocycles. The highest BCUT2D eigenvalue weighted by molar-refractivity contribution is 6.43. The average molecular weight is 332 g/mol. The fraction of sp³-hybridized carbons (Fsp3) is 0.375. The van der Waals surface area contributed by atoms with Gasteiger partial charge in [-0.15, -0.1) is 0 Å². The van der Waals surface area contributed by atoms with E-state index >= 15 is 0 Å². The Balaban J connectivity index is 1.85. The van der Waals surface area contributed by atoms with E-state index < -0.39 is 25.3 Å². The number of rotatable bonds is 6. The summed E-state index contributed by atoms with van der Waals surface area (Å²) in [6.45, 7) is 4.23. The number of hydrogen-bond donors (Lipinski definition) is 3. The van der Waals surface area contributed by atoms with Crippen molar-refractivity contribution in [1.82, 2.24) is 10.2 Å². The normalized spacial score (nSPS) is 17.9. The van der Waals surface area contributed by atoms with E-state index in [1.807, 2.05) is 30.3 Å². The predicted molar refractivity (Wildman–Crippen MR) is 88.9 cm³/mol. The second kappa shape index (κ2) is 8.51. The second-order valence-electron chi connectivity index (χ2n) is 5.66. The Kier molecular flexibility index (Phi) is 6.40. The van der Waals surface area contributed by atoms with Gasteiger partial charge >= 0.3 is 13.2 Å². The third-order valence-electron chi connectivity index (χ3n) is 3.87. The lowest BCUT2D eigenvalue weighted by molar-refractivity contribution is -0.125. The zero-order chi connectivity index (χ0) is 17.5. The second-order valence-corrected chi connectivity index (χ2v) is 5.66. The number of hydrogen-bond acceptors (Lipinski definition) is 5. The maximum Gasteiger partial charge on any atom is 0.475 e. The van der Waals surface area contributed by atoms with Crippen molar-refractivity contribution < 1.29 is 24.4 Å². The third-order valence-corrected chi connectivity index (χ3v) is 3.87. The summed E-state index contributed by atoms with van der Waals surface area (Å²) in [6.07, 6.45) is 0.877. The molecule has 1 aromatic rings. The summed E-state index contributed by atoms with van der Waals surface area (Å²) in [6, 6.07) is 9.18. The SMILES string of the molecule is C=CC(=O)N1CC[C@@H](OC(=O)N[C@@H](Cc2ccccc2)B(O)O)C1. The van der Waals surface area contributed by atoms with E-state index in [1.165, 1.54) is 6.08 Å². The first-order valence-electron chi connectivity index (χ1n) is 7.78. The first kappa shape index (κ1) is 18.0. The molecule has 128 valence electrons. The minimum atomic E-state index is -1.71. The van der Waals surface area contributed by atoms with Crippen LogP contribution in [0.4, 0.5) is 4.79 Å². The molecule has 1 fully saturated rings. The van der Waals surface area contributed by atoms with Crippen molar-refractivity contribution in [3.8, 4) is 0 Å². The first-order chi connectivity index (χ1) is 11.5. The Hall–Kier alpha value is -2.32. The molecule has 0 saturated carbocycles. The van der Waals surface area contributed by atoms with Gasteiger partial charge in [0, 0.05) is 13.0 Å². The number of carbonyl (C=O) groups is 2. The standard InChI is InChI=1S/C16H21BN2O5/c1-2-15(20)19-9-8-13(11-19)24-16(21)18-14(17(22)23)10-12-6-4-3-5-7-12/h2-7,13-14,22-23H,1,8-11H2,(H,18,21)/t13-,14+/m1/s1. The van der Waals surface area contributed by atoms with Crippen LogP contribution in [0.1, 0.15) is 12.0 Å². The quantitative estimate of drug-likeness (QED) is 0.508. The van der Waals surface area contributed by atoms with Crippen molar-refractivity contribution >= 4 is 19.1 Å². The van der Waals surface area contributed by atoms with Gasteiger partial charge in [0.05, 0.1) is 12.5 Å². The average Bonchev–Trinajstić information content (AvgIpc) is 3.02. The summed E-state index contributed by atoms with van der Waals surface area (Å²) in [5.41, 5.74) is 0.861. The Morgan fingerprint density at radius 2 is 2.12 bits per heavy atom. The molecule has 1 saturated heterocycles. The lowest BCUT2D eigenvalue weighted by atomic mass is 9.76. The van der Waals surface area contributed by atoms with Crippen LogP contribution in [0.25, 0.3) is 0 Å². The van der Waals surface area contributed by atoms with Crippen LogP contribution >= 0.6 is 0 Å². The Bertz CT molecular complexity index is 581. The number of nitrogens with zero attached hydrogens (tertiary/aromatic N) is 1. The van der Waals surface area contributed by atoms with Gasteiger partial charge in [-0.05, 0) is 18.1 Å². The van der Waals surface area contributed by atoms with Crippen LogP contribution < -0.4 is 5.32 Å².